The molecule has 29 heavy (non-hydrogen) atoms. The standard InChI is InChI=1S/C22H21N5O2/c1-12(2)13-7-9-14(10-8-13)26-27-22(29)20-19-16(11-18(25-20)21(23)28)15-5-3-4-6-17(15)24-19/h3-12,24,26H,1-2H3,(H2,23,28)(H,27,29). The van der Waals surface area contributed by atoms with Gasteiger partial charge in [-0.1, -0.05) is 44.2 Å². The van der Waals surface area contributed by atoms with Gasteiger partial charge in [-0.25, -0.2) is 4.98 Å². The van der Waals surface area contributed by atoms with Gasteiger partial charge in [-0.05, 0) is 35.7 Å². The number of fused-ring (bicyclic) bond motifs is 3. The Bertz CT molecular complexity index is 1230. The van der Waals surface area contributed by atoms with Gasteiger partial charge in [0.25, 0.3) is 11.8 Å². The second kappa shape index (κ2) is 7.27. The van der Waals surface area contributed by atoms with Crippen LogP contribution in [0, 0.1) is 0 Å². The number of carbonyl (C=O) groups excluding carboxylic acids is 2. The third-order valence-electron chi connectivity index (χ3n) is 4.86. The lowest BCUT2D eigenvalue weighted by atomic mass is 10.0. The summed E-state index contributed by atoms with van der Waals surface area (Å²) in [5.74, 6) is -0.740. The molecule has 0 aliphatic rings. The van der Waals surface area contributed by atoms with Crippen molar-refractivity contribution in [2.45, 2.75) is 19.8 Å². The number of para-hydroxylation sites is 1. The van der Waals surface area contributed by atoms with E-state index < -0.39 is 11.8 Å². The van der Waals surface area contributed by atoms with E-state index >= 15 is 0 Å². The smallest absolute Gasteiger partial charge is 0.290 e. The molecule has 0 bridgehead atoms. The monoisotopic (exact) mass is 387 g/mol. The molecule has 0 aliphatic heterocycles. The summed E-state index contributed by atoms with van der Waals surface area (Å²) >= 11 is 0. The van der Waals surface area contributed by atoms with Gasteiger partial charge in [0.15, 0.2) is 5.69 Å². The summed E-state index contributed by atoms with van der Waals surface area (Å²) in [5.41, 5.74) is 14.4. The van der Waals surface area contributed by atoms with Crippen LogP contribution in [0.3, 0.4) is 0 Å². The fraction of sp³-hybridized carbons (Fsp3) is 0.136. The van der Waals surface area contributed by atoms with Gasteiger partial charge in [-0.15, -0.1) is 0 Å². The van der Waals surface area contributed by atoms with Crippen molar-refractivity contribution < 1.29 is 9.59 Å². The highest BCUT2D eigenvalue weighted by Gasteiger charge is 2.19. The highest BCUT2D eigenvalue weighted by Crippen LogP contribution is 2.27. The molecule has 0 fully saturated rings. The van der Waals surface area contributed by atoms with Crippen LogP contribution in [0.1, 0.15) is 46.3 Å². The number of pyridine rings is 1. The maximum absolute atomic E-state index is 12.9. The summed E-state index contributed by atoms with van der Waals surface area (Å²) in [4.78, 5) is 32.0. The number of benzene rings is 2. The number of amides is 2. The first-order valence-corrected chi connectivity index (χ1v) is 9.31. The van der Waals surface area contributed by atoms with Gasteiger partial charge in [0, 0.05) is 16.3 Å². The zero-order valence-electron chi connectivity index (χ0n) is 16.1. The lowest BCUT2D eigenvalue weighted by Gasteiger charge is -2.11. The van der Waals surface area contributed by atoms with E-state index in [4.69, 9.17) is 5.73 Å². The minimum Gasteiger partial charge on any atom is -0.364 e. The fourth-order valence-electron chi connectivity index (χ4n) is 3.28. The molecule has 0 spiro atoms. The number of aromatic nitrogens is 2. The Hall–Kier alpha value is -3.87. The molecule has 7 nitrogen and oxygen atoms in total. The molecule has 2 aromatic carbocycles. The first-order valence-electron chi connectivity index (χ1n) is 9.31. The second-order valence-corrected chi connectivity index (χ2v) is 7.17. The maximum Gasteiger partial charge on any atom is 0.290 e. The van der Waals surface area contributed by atoms with Crippen molar-refractivity contribution in [3.8, 4) is 0 Å². The molecule has 4 rings (SSSR count). The van der Waals surface area contributed by atoms with Crippen LogP contribution in [0.15, 0.2) is 54.6 Å². The molecular formula is C22H21N5O2. The van der Waals surface area contributed by atoms with E-state index in [0.29, 0.717) is 11.4 Å². The minimum atomic E-state index is -0.691. The summed E-state index contributed by atoms with van der Waals surface area (Å²) in [6.07, 6.45) is 0. The van der Waals surface area contributed by atoms with Gasteiger partial charge in [-0.3, -0.25) is 20.4 Å². The highest BCUT2D eigenvalue weighted by atomic mass is 16.2. The predicted molar refractivity (Wildman–Crippen MR) is 114 cm³/mol. The zero-order chi connectivity index (χ0) is 20.5. The Morgan fingerprint density at radius 3 is 2.45 bits per heavy atom. The van der Waals surface area contributed by atoms with Crippen molar-refractivity contribution >= 4 is 39.3 Å². The first-order chi connectivity index (χ1) is 13.9. The van der Waals surface area contributed by atoms with Crippen molar-refractivity contribution in [3.63, 3.8) is 0 Å². The third kappa shape index (κ3) is 3.50. The first kappa shape index (κ1) is 18.5. The molecule has 7 heteroatoms. The number of nitrogens with one attached hydrogen (secondary N) is 3. The van der Waals surface area contributed by atoms with E-state index in [1.807, 2.05) is 48.5 Å². The average molecular weight is 387 g/mol. The summed E-state index contributed by atoms with van der Waals surface area (Å²) in [6, 6.07) is 17.0. The zero-order valence-corrected chi connectivity index (χ0v) is 16.1. The van der Waals surface area contributed by atoms with Gasteiger partial charge in [0.2, 0.25) is 0 Å². The fourth-order valence-corrected chi connectivity index (χ4v) is 3.28. The SMILES string of the molecule is CC(C)c1ccc(NNC(=O)c2nc(C(N)=O)cc3c2[nH]c2ccccc23)cc1. The number of aromatic amines is 1. The molecule has 146 valence electrons. The lowest BCUT2D eigenvalue weighted by molar-refractivity contribution is 0.0959. The summed E-state index contributed by atoms with van der Waals surface area (Å²) in [5, 5.41) is 1.61. The van der Waals surface area contributed by atoms with Crippen LogP contribution in [-0.4, -0.2) is 21.8 Å². The molecular weight excluding hydrogens is 366 g/mol. The molecule has 0 saturated carbocycles. The van der Waals surface area contributed by atoms with Crippen LogP contribution in [-0.2, 0) is 0 Å². The lowest BCUT2D eigenvalue weighted by Crippen LogP contribution is -2.31. The molecule has 5 N–H and O–H groups in total. The van der Waals surface area contributed by atoms with E-state index in [1.54, 1.807) is 6.07 Å². The number of rotatable bonds is 5. The maximum atomic E-state index is 12.9. The van der Waals surface area contributed by atoms with Crippen LogP contribution in [0.5, 0.6) is 0 Å². The molecule has 0 saturated heterocycles. The van der Waals surface area contributed by atoms with Crippen LogP contribution in [0.4, 0.5) is 5.69 Å². The molecule has 2 heterocycles. The Balaban J connectivity index is 1.68. The summed E-state index contributed by atoms with van der Waals surface area (Å²) in [7, 11) is 0. The predicted octanol–water partition coefficient (Wildman–Crippen LogP) is 3.70. The van der Waals surface area contributed by atoms with E-state index in [1.165, 1.54) is 5.56 Å². The van der Waals surface area contributed by atoms with Crippen LogP contribution in [0.25, 0.3) is 21.8 Å². The Kier molecular flexibility index (Phi) is 4.64. The number of primary amides is 1. The number of hydrazine groups is 1. The molecule has 0 radical (unpaired) electrons. The number of nitrogens with zero attached hydrogens (tertiary/aromatic N) is 1. The Morgan fingerprint density at radius 2 is 1.76 bits per heavy atom. The van der Waals surface area contributed by atoms with Gasteiger partial charge < -0.3 is 10.7 Å². The molecule has 0 aliphatic carbocycles. The highest BCUT2D eigenvalue weighted by molar-refractivity contribution is 6.15. The van der Waals surface area contributed by atoms with Crippen LogP contribution in [0.2, 0.25) is 0 Å². The normalized spacial score (nSPS) is 11.1. The third-order valence-corrected chi connectivity index (χ3v) is 4.86. The van der Waals surface area contributed by atoms with Crippen LogP contribution < -0.4 is 16.6 Å². The van der Waals surface area contributed by atoms with Crippen molar-refractivity contribution in [2.24, 2.45) is 5.73 Å². The number of nitrogens with two attached hydrogens (primary N) is 1. The number of carbonyl (C=O) groups is 2. The van der Waals surface area contributed by atoms with Gasteiger partial charge >= 0.3 is 0 Å². The summed E-state index contributed by atoms with van der Waals surface area (Å²) in [6.45, 7) is 4.24. The molecule has 2 aromatic heterocycles. The Morgan fingerprint density at radius 1 is 1.03 bits per heavy atom. The number of hydrogen-bond acceptors (Lipinski definition) is 4. The average Bonchev–Trinajstić information content (AvgIpc) is 3.10. The van der Waals surface area contributed by atoms with Crippen molar-refractivity contribution in [3.05, 3.63) is 71.5 Å². The molecule has 0 unspecified atom stereocenters. The number of anilines is 1. The molecule has 0 atom stereocenters. The van der Waals surface area contributed by atoms with E-state index in [9.17, 15) is 9.59 Å². The Labute approximate surface area is 167 Å². The minimum absolute atomic E-state index is 0.0358. The molecule has 4 aromatic rings. The van der Waals surface area contributed by atoms with Crippen LogP contribution >= 0.6 is 0 Å². The quantitative estimate of drug-likeness (QED) is 0.391. The van der Waals surface area contributed by atoms with Crippen molar-refractivity contribution in [1.29, 1.82) is 0 Å². The van der Waals surface area contributed by atoms with Gasteiger partial charge in [0.05, 0.1) is 11.2 Å². The number of H-pyrrole nitrogens is 1. The number of hydrogen-bond donors (Lipinski definition) is 4. The van der Waals surface area contributed by atoms with Gasteiger partial charge in [0.1, 0.15) is 5.69 Å². The van der Waals surface area contributed by atoms with E-state index in [2.05, 4.69) is 34.7 Å². The summed E-state index contributed by atoms with van der Waals surface area (Å²) < 4.78 is 0. The van der Waals surface area contributed by atoms with Gasteiger partial charge in [-0.2, -0.15) is 0 Å². The van der Waals surface area contributed by atoms with Crippen molar-refractivity contribution in [1.82, 2.24) is 15.4 Å². The molecule has 2 amide bonds. The topological polar surface area (TPSA) is 113 Å². The van der Waals surface area contributed by atoms with E-state index in [-0.39, 0.29) is 11.4 Å². The van der Waals surface area contributed by atoms with E-state index in [0.717, 1.165) is 22.0 Å². The second-order valence-electron chi connectivity index (χ2n) is 7.17. The van der Waals surface area contributed by atoms with Crippen molar-refractivity contribution in [2.75, 3.05) is 5.43 Å². The largest absolute Gasteiger partial charge is 0.364 e.